The van der Waals surface area contributed by atoms with E-state index in [4.69, 9.17) is 21.9 Å². The minimum atomic E-state index is -1.13. The summed E-state index contributed by atoms with van der Waals surface area (Å²) in [4.78, 5) is 15.4. The summed E-state index contributed by atoms with van der Waals surface area (Å²) in [6.07, 6.45) is 14.6. The van der Waals surface area contributed by atoms with E-state index in [2.05, 4.69) is 39.8 Å². The van der Waals surface area contributed by atoms with Crippen LogP contribution in [0.15, 0.2) is 47.6 Å². The lowest BCUT2D eigenvalue weighted by molar-refractivity contribution is 0.0698. The van der Waals surface area contributed by atoms with Gasteiger partial charge in [0.1, 0.15) is 17.1 Å². The van der Waals surface area contributed by atoms with Crippen molar-refractivity contribution in [2.24, 2.45) is 16.5 Å². The van der Waals surface area contributed by atoms with Crippen molar-refractivity contribution in [3.05, 3.63) is 64.8 Å². The zero-order valence-corrected chi connectivity index (χ0v) is 27.1. The molecule has 4 rings (SSSR count). The highest BCUT2D eigenvalue weighted by Gasteiger charge is 2.21. The molecule has 11 heteroatoms. The standard InChI is InChI=1S/C18H31NO.C16H21N7O2/c1-3-4-5-6-7-8-9-10-15-19-16-17-11-13-18(20-2)14-12-17;1-8-12(22-16(18)19)4-9(6-20-10-2-3-10)5-13(8)23-14(17)11(7-21-23)15(24)25/h11-14,19H,3-10,15-16H2,1-2H3;4-5,7,10,20H,2-3,6,17H2,1H3,(H,24,25)(H4,18,19,22). The van der Waals surface area contributed by atoms with Gasteiger partial charge in [0.05, 0.1) is 24.7 Å². The maximum absolute atomic E-state index is 11.2. The normalized spacial score (nSPS) is 12.3. The van der Waals surface area contributed by atoms with Crippen molar-refractivity contribution >= 4 is 23.4 Å². The number of nitrogens with one attached hydrogen (secondary N) is 2. The number of ether oxygens (including phenoxy) is 1. The number of aromatic carboxylic acids is 1. The van der Waals surface area contributed by atoms with Crippen molar-refractivity contribution in [3.63, 3.8) is 0 Å². The lowest BCUT2D eigenvalue weighted by Gasteiger charge is -2.14. The van der Waals surface area contributed by atoms with E-state index in [0.29, 0.717) is 24.0 Å². The molecule has 0 atom stereocenters. The Balaban J connectivity index is 0.000000253. The third-order valence-corrected chi connectivity index (χ3v) is 7.79. The maximum atomic E-state index is 11.2. The zero-order valence-electron chi connectivity index (χ0n) is 27.1. The first kappa shape index (κ1) is 35.4. The van der Waals surface area contributed by atoms with Crippen LogP contribution in [0.1, 0.15) is 98.2 Å². The van der Waals surface area contributed by atoms with E-state index in [-0.39, 0.29) is 17.3 Å². The van der Waals surface area contributed by atoms with Gasteiger partial charge >= 0.3 is 5.97 Å². The largest absolute Gasteiger partial charge is 0.497 e. The van der Waals surface area contributed by atoms with E-state index in [1.165, 1.54) is 80.7 Å². The van der Waals surface area contributed by atoms with Crippen LogP contribution in [0, 0.1) is 6.92 Å². The van der Waals surface area contributed by atoms with Crippen LogP contribution in [0.2, 0.25) is 0 Å². The highest BCUT2D eigenvalue weighted by Crippen LogP contribution is 2.30. The molecule has 2 aromatic carbocycles. The number of nitrogens with two attached hydrogens (primary N) is 3. The summed E-state index contributed by atoms with van der Waals surface area (Å²) in [6, 6.07) is 12.6. The summed E-state index contributed by atoms with van der Waals surface area (Å²) in [5, 5.41) is 20.2. The second kappa shape index (κ2) is 18.7. The molecule has 1 aliphatic rings. The predicted octanol–water partition coefficient (Wildman–Crippen LogP) is 5.54. The quantitative estimate of drug-likeness (QED) is 0.0604. The van der Waals surface area contributed by atoms with Gasteiger partial charge in [0.2, 0.25) is 0 Å². The summed E-state index contributed by atoms with van der Waals surface area (Å²) < 4.78 is 6.55. The number of guanidine groups is 1. The molecule has 0 radical (unpaired) electrons. The predicted molar refractivity (Wildman–Crippen MR) is 182 cm³/mol. The van der Waals surface area contributed by atoms with Crippen LogP contribution in [-0.4, -0.2) is 46.5 Å². The molecule has 3 aromatic rings. The third-order valence-electron chi connectivity index (χ3n) is 7.79. The zero-order chi connectivity index (χ0) is 32.6. The Morgan fingerprint density at radius 2 is 1.69 bits per heavy atom. The van der Waals surface area contributed by atoms with Crippen molar-refractivity contribution in [1.29, 1.82) is 0 Å². The van der Waals surface area contributed by atoms with Crippen molar-refractivity contribution in [3.8, 4) is 11.4 Å². The Labute approximate surface area is 267 Å². The lowest BCUT2D eigenvalue weighted by atomic mass is 10.1. The summed E-state index contributed by atoms with van der Waals surface area (Å²) >= 11 is 0. The van der Waals surface area contributed by atoms with Crippen molar-refractivity contribution < 1.29 is 14.6 Å². The molecule has 1 aliphatic carbocycles. The third kappa shape index (κ3) is 12.1. The van der Waals surface area contributed by atoms with Gasteiger partial charge in [-0.25, -0.2) is 14.5 Å². The first-order chi connectivity index (χ1) is 21.7. The average Bonchev–Trinajstić information content (AvgIpc) is 3.78. The molecule has 0 saturated heterocycles. The Morgan fingerprint density at radius 3 is 2.27 bits per heavy atom. The SMILES string of the molecule is CCCCCCCCCCNCc1ccc(OC)cc1.Cc1c(N=C(N)N)cc(CNC2CC2)cc1-n1ncc(C(=O)O)c1N. The van der Waals surface area contributed by atoms with Crippen molar-refractivity contribution in [1.82, 2.24) is 20.4 Å². The fraction of sp³-hybridized carbons (Fsp3) is 0.500. The van der Waals surface area contributed by atoms with Gasteiger partial charge in [-0.1, -0.05) is 64.0 Å². The minimum absolute atomic E-state index is 0.0516. The molecule has 0 aliphatic heterocycles. The average molecular weight is 621 g/mol. The molecule has 1 aromatic heterocycles. The van der Waals surface area contributed by atoms with E-state index in [9.17, 15) is 9.90 Å². The van der Waals surface area contributed by atoms with Gasteiger partial charge in [-0.05, 0) is 68.1 Å². The van der Waals surface area contributed by atoms with Crippen LogP contribution < -0.4 is 32.6 Å². The minimum Gasteiger partial charge on any atom is -0.497 e. The van der Waals surface area contributed by atoms with Gasteiger partial charge in [-0.3, -0.25) is 0 Å². The number of anilines is 1. The molecule has 0 bridgehead atoms. The summed E-state index contributed by atoms with van der Waals surface area (Å²) in [5.74, 6) is -0.200. The fourth-order valence-electron chi connectivity index (χ4n) is 4.94. The smallest absolute Gasteiger partial charge is 0.341 e. The van der Waals surface area contributed by atoms with Gasteiger partial charge in [-0.2, -0.15) is 5.10 Å². The number of nitrogen functional groups attached to an aromatic ring is 1. The number of carboxylic acid groups (broad SMARTS) is 1. The topological polar surface area (TPSA) is 179 Å². The monoisotopic (exact) mass is 620 g/mol. The van der Waals surface area contributed by atoms with E-state index >= 15 is 0 Å². The molecule has 0 spiro atoms. The number of carbonyl (C=O) groups is 1. The molecular formula is C34H52N8O3. The molecule has 9 N–H and O–H groups in total. The molecule has 0 unspecified atom stereocenters. The van der Waals surface area contributed by atoms with E-state index < -0.39 is 5.97 Å². The maximum Gasteiger partial charge on any atom is 0.341 e. The lowest BCUT2D eigenvalue weighted by Crippen LogP contribution is -2.22. The van der Waals surface area contributed by atoms with Crippen molar-refractivity contribution in [2.75, 3.05) is 19.4 Å². The van der Waals surface area contributed by atoms with Crippen LogP contribution in [0.4, 0.5) is 11.5 Å². The first-order valence-electron chi connectivity index (χ1n) is 16.1. The van der Waals surface area contributed by atoms with Gasteiger partial charge in [0.15, 0.2) is 5.96 Å². The molecule has 246 valence electrons. The van der Waals surface area contributed by atoms with Crippen LogP contribution in [0.3, 0.4) is 0 Å². The number of unbranched alkanes of at least 4 members (excludes halogenated alkanes) is 7. The number of hydrogen-bond acceptors (Lipinski definition) is 7. The molecule has 11 nitrogen and oxygen atoms in total. The van der Waals surface area contributed by atoms with E-state index in [1.807, 2.05) is 31.2 Å². The van der Waals surface area contributed by atoms with Gasteiger partial charge < -0.3 is 37.7 Å². The van der Waals surface area contributed by atoms with Gasteiger partial charge in [-0.15, -0.1) is 0 Å². The van der Waals surface area contributed by atoms with E-state index in [1.54, 1.807) is 7.11 Å². The summed E-state index contributed by atoms with van der Waals surface area (Å²) in [7, 11) is 1.70. The fourth-order valence-corrected chi connectivity index (χ4v) is 4.94. The molecule has 1 fully saturated rings. The molecule has 45 heavy (non-hydrogen) atoms. The Bertz CT molecular complexity index is 1360. The number of hydrogen-bond donors (Lipinski definition) is 6. The highest BCUT2D eigenvalue weighted by atomic mass is 16.5. The Morgan fingerprint density at radius 1 is 1.02 bits per heavy atom. The number of aliphatic imine (C=N–C) groups is 1. The van der Waals surface area contributed by atoms with Crippen LogP contribution in [0.25, 0.3) is 5.69 Å². The number of carboxylic acids is 1. The summed E-state index contributed by atoms with van der Waals surface area (Å²) in [5.41, 5.74) is 21.2. The molecule has 0 amide bonds. The number of rotatable bonds is 18. The Kier molecular flexibility index (Phi) is 14.7. The number of nitrogens with zero attached hydrogens (tertiary/aromatic N) is 3. The van der Waals surface area contributed by atoms with Gasteiger partial charge in [0.25, 0.3) is 0 Å². The number of benzene rings is 2. The van der Waals surface area contributed by atoms with Crippen LogP contribution in [-0.2, 0) is 13.1 Å². The summed E-state index contributed by atoms with van der Waals surface area (Å²) in [6.45, 7) is 6.84. The highest BCUT2D eigenvalue weighted by molar-refractivity contribution is 5.92. The molecule has 1 saturated carbocycles. The van der Waals surface area contributed by atoms with Crippen molar-refractivity contribution in [2.45, 2.75) is 97.2 Å². The number of methoxy groups -OCH3 is 1. The van der Waals surface area contributed by atoms with Crippen LogP contribution >= 0.6 is 0 Å². The van der Waals surface area contributed by atoms with Gasteiger partial charge in [0, 0.05) is 24.7 Å². The first-order valence-corrected chi connectivity index (χ1v) is 16.1. The second-order valence-electron chi connectivity index (χ2n) is 11.6. The second-order valence-corrected chi connectivity index (χ2v) is 11.6. The van der Waals surface area contributed by atoms with E-state index in [0.717, 1.165) is 30.0 Å². The number of aromatic nitrogens is 2. The Hall–Kier alpha value is -4.09. The van der Waals surface area contributed by atoms with Crippen LogP contribution in [0.5, 0.6) is 5.75 Å². The molecular weight excluding hydrogens is 568 g/mol. The molecule has 1 heterocycles.